The van der Waals surface area contributed by atoms with Crippen LogP contribution in [0.5, 0.6) is 0 Å². The number of hydrogen-bond donors (Lipinski definition) is 1. The van der Waals surface area contributed by atoms with Gasteiger partial charge >= 0.3 is 0 Å². The SMILES string of the molecule is CC(C)(C)CS(=O)(=O)Nc1ccccc1C#N. The molecule has 0 aromatic heterocycles. The van der Waals surface area contributed by atoms with Crippen LogP contribution in [0.1, 0.15) is 26.3 Å². The first-order valence-corrected chi connectivity index (χ1v) is 6.88. The van der Waals surface area contributed by atoms with Crippen LogP contribution in [0.4, 0.5) is 5.69 Å². The summed E-state index contributed by atoms with van der Waals surface area (Å²) < 4.78 is 26.2. The van der Waals surface area contributed by atoms with Gasteiger partial charge < -0.3 is 0 Å². The summed E-state index contributed by atoms with van der Waals surface area (Å²) in [6.07, 6.45) is 0. The summed E-state index contributed by atoms with van der Waals surface area (Å²) in [7, 11) is -3.43. The largest absolute Gasteiger partial charge is 0.282 e. The molecular formula is C12H16N2O2S. The first-order valence-electron chi connectivity index (χ1n) is 5.23. The van der Waals surface area contributed by atoms with Crippen molar-refractivity contribution in [2.45, 2.75) is 20.8 Å². The van der Waals surface area contributed by atoms with Gasteiger partial charge in [0.2, 0.25) is 10.0 Å². The average molecular weight is 252 g/mol. The third-order valence-electron chi connectivity index (χ3n) is 1.94. The summed E-state index contributed by atoms with van der Waals surface area (Å²) in [5.74, 6) is 0.0137. The Morgan fingerprint density at radius 3 is 2.41 bits per heavy atom. The first kappa shape index (κ1) is 13.5. The highest BCUT2D eigenvalue weighted by molar-refractivity contribution is 7.92. The summed E-state index contributed by atoms with van der Waals surface area (Å²) in [5, 5.41) is 8.86. The number of nitriles is 1. The Kier molecular flexibility index (Phi) is 3.79. The van der Waals surface area contributed by atoms with Crippen LogP contribution < -0.4 is 4.72 Å². The number of anilines is 1. The average Bonchev–Trinajstić information content (AvgIpc) is 2.14. The van der Waals surface area contributed by atoms with E-state index in [-0.39, 0.29) is 11.2 Å². The van der Waals surface area contributed by atoms with Crippen molar-refractivity contribution < 1.29 is 8.42 Å². The molecule has 1 rings (SSSR count). The van der Waals surface area contributed by atoms with Crippen LogP contribution in [0.15, 0.2) is 24.3 Å². The molecule has 0 radical (unpaired) electrons. The van der Waals surface area contributed by atoms with Gasteiger partial charge in [-0.15, -0.1) is 0 Å². The molecule has 0 aliphatic carbocycles. The Hall–Kier alpha value is -1.54. The molecule has 0 atom stereocenters. The summed E-state index contributed by atoms with van der Waals surface area (Å²) in [4.78, 5) is 0. The lowest BCUT2D eigenvalue weighted by molar-refractivity contribution is 0.463. The zero-order chi connectivity index (χ0) is 13.1. The van der Waals surface area contributed by atoms with E-state index in [0.717, 1.165) is 0 Å². The zero-order valence-electron chi connectivity index (χ0n) is 10.2. The standard InChI is InChI=1S/C12H16N2O2S/c1-12(2,3)9-17(15,16)14-11-7-5-4-6-10(11)8-13/h4-7,14H,9H2,1-3H3. The Bertz CT molecular complexity index is 536. The highest BCUT2D eigenvalue weighted by atomic mass is 32.2. The fourth-order valence-corrected chi connectivity index (χ4v) is 3.17. The van der Waals surface area contributed by atoms with Crippen molar-refractivity contribution >= 4 is 15.7 Å². The van der Waals surface area contributed by atoms with Crippen LogP contribution in [-0.2, 0) is 10.0 Å². The van der Waals surface area contributed by atoms with Gasteiger partial charge in [-0.05, 0) is 17.5 Å². The second-order valence-corrected chi connectivity index (χ2v) is 6.80. The monoisotopic (exact) mass is 252 g/mol. The van der Waals surface area contributed by atoms with Gasteiger partial charge in [-0.1, -0.05) is 32.9 Å². The van der Waals surface area contributed by atoms with Gasteiger partial charge in [0.25, 0.3) is 0 Å². The Labute approximate surface area is 102 Å². The minimum atomic E-state index is -3.43. The molecule has 0 aliphatic heterocycles. The molecule has 0 aliphatic rings. The third kappa shape index (κ3) is 4.45. The maximum Gasteiger partial charge on any atom is 0.233 e. The molecule has 0 heterocycles. The van der Waals surface area contributed by atoms with Gasteiger partial charge in [0.1, 0.15) is 6.07 Å². The molecule has 0 spiro atoms. The highest BCUT2D eigenvalue weighted by Gasteiger charge is 2.22. The number of para-hydroxylation sites is 1. The lowest BCUT2D eigenvalue weighted by Crippen LogP contribution is -2.26. The molecule has 0 unspecified atom stereocenters. The summed E-state index contributed by atoms with van der Waals surface area (Å²) in [6.45, 7) is 5.55. The van der Waals surface area contributed by atoms with Gasteiger partial charge in [0.15, 0.2) is 0 Å². The number of hydrogen-bond acceptors (Lipinski definition) is 3. The number of nitrogens with zero attached hydrogens (tertiary/aromatic N) is 1. The Morgan fingerprint density at radius 2 is 1.88 bits per heavy atom. The molecule has 17 heavy (non-hydrogen) atoms. The number of nitrogens with one attached hydrogen (secondary N) is 1. The van der Waals surface area contributed by atoms with Crippen molar-refractivity contribution in [3.05, 3.63) is 29.8 Å². The predicted molar refractivity (Wildman–Crippen MR) is 68.0 cm³/mol. The molecule has 0 saturated carbocycles. The summed E-state index contributed by atoms with van der Waals surface area (Å²) >= 11 is 0. The van der Waals surface area contributed by atoms with Crippen LogP contribution in [-0.4, -0.2) is 14.2 Å². The van der Waals surface area contributed by atoms with Crippen LogP contribution >= 0.6 is 0 Å². The van der Waals surface area contributed by atoms with Crippen molar-refractivity contribution in [3.63, 3.8) is 0 Å². The number of benzene rings is 1. The summed E-state index contributed by atoms with van der Waals surface area (Å²) in [5.41, 5.74) is 0.331. The van der Waals surface area contributed by atoms with E-state index in [9.17, 15) is 8.42 Å². The lowest BCUT2D eigenvalue weighted by Gasteiger charge is -2.19. The van der Waals surface area contributed by atoms with E-state index in [1.165, 1.54) is 0 Å². The predicted octanol–water partition coefficient (Wildman–Crippen LogP) is 2.35. The van der Waals surface area contributed by atoms with Crippen LogP contribution in [0, 0.1) is 16.7 Å². The normalized spacial score (nSPS) is 11.9. The smallest absolute Gasteiger partial charge is 0.233 e. The van der Waals surface area contributed by atoms with Gasteiger partial charge in [0, 0.05) is 0 Å². The van der Waals surface area contributed by atoms with E-state index in [1.807, 2.05) is 26.8 Å². The lowest BCUT2D eigenvalue weighted by atomic mass is 10.0. The topological polar surface area (TPSA) is 70.0 Å². The fourth-order valence-electron chi connectivity index (χ4n) is 1.44. The number of rotatable bonds is 3. The molecular weight excluding hydrogens is 236 g/mol. The number of sulfonamides is 1. The van der Waals surface area contributed by atoms with E-state index < -0.39 is 10.0 Å². The van der Waals surface area contributed by atoms with Gasteiger partial charge in [-0.25, -0.2) is 8.42 Å². The second kappa shape index (κ2) is 4.76. The summed E-state index contributed by atoms with van der Waals surface area (Å²) in [6, 6.07) is 8.50. The Balaban J connectivity index is 2.96. The molecule has 0 fully saturated rings. The van der Waals surface area contributed by atoms with Crippen LogP contribution in [0.25, 0.3) is 0 Å². The molecule has 0 saturated heterocycles. The van der Waals surface area contributed by atoms with Gasteiger partial charge in [0.05, 0.1) is 17.0 Å². The van der Waals surface area contributed by atoms with Gasteiger partial charge in [-0.3, -0.25) is 4.72 Å². The highest BCUT2D eigenvalue weighted by Crippen LogP contribution is 2.20. The van der Waals surface area contributed by atoms with E-state index in [2.05, 4.69) is 4.72 Å². The van der Waals surface area contributed by atoms with Crippen molar-refractivity contribution in [1.82, 2.24) is 0 Å². The minimum absolute atomic E-state index is 0.0137. The van der Waals surface area contributed by atoms with Crippen LogP contribution in [0.3, 0.4) is 0 Å². The van der Waals surface area contributed by atoms with Crippen LogP contribution in [0.2, 0.25) is 0 Å². The van der Waals surface area contributed by atoms with Crippen molar-refractivity contribution in [2.24, 2.45) is 5.41 Å². The van der Waals surface area contributed by atoms with Crippen molar-refractivity contribution in [3.8, 4) is 6.07 Å². The molecule has 0 bridgehead atoms. The third-order valence-corrected chi connectivity index (χ3v) is 3.71. The minimum Gasteiger partial charge on any atom is -0.282 e. The molecule has 5 heteroatoms. The van der Waals surface area contributed by atoms with E-state index >= 15 is 0 Å². The Morgan fingerprint density at radius 1 is 1.29 bits per heavy atom. The molecule has 1 aromatic rings. The quantitative estimate of drug-likeness (QED) is 0.897. The van der Waals surface area contributed by atoms with E-state index in [0.29, 0.717) is 11.3 Å². The molecule has 1 N–H and O–H groups in total. The fraction of sp³-hybridized carbons (Fsp3) is 0.417. The van der Waals surface area contributed by atoms with E-state index in [4.69, 9.17) is 5.26 Å². The first-order chi connectivity index (χ1) is 7.73. The molecule has 92 valence electrons. The van der Waals surface area contributed by atoms with Crippen molar-refractivity contribution in [2.75, 3.05) is 10.5 Å². The molecule has 0 amide bonds. The molecule has 1 aromatic carbocycles. The zero-order valence-corrected chi connectivity index (χ0v) is 11.0. The second-order valence-electron chi connectivity index (χ2n) is 5.08. The molecule has 4 nitrogen and oxygen atoms in total. The van der Waals surface area contributed by atoms with Crippen molar-refractivity contribution in [1.29, 1.82) is 5.26 Å². The maximum absolute atomic E-state index is 11.9. The van der Waals surface area contributed by atoms with Gasteiger partial charge in [-0.2, -0.15) is 5.26 Å². The van der Waals surface area contributed by atoms with E-state index in [1.54, 1.807) is 24.3 Å². The maximum atomic E-state index is 11.9.